The molecule has 7 nitrogen and oxygen atoms in total. The number of aromatic hydroxyl groups is 1. The van der Waals surface area contributed by atoms with E-state index in [0.717, 1.165) is 0 Å². The van der Waals surface area contributed by atoms with Gasteiger partial charge in [0.15, 0.2) is 17.3 Å². The molecule has 0 aromatic heterocycles. The van der Waals surface area contributed by atoms with Crippen molar-refractivity contribution in [1.82, 2.24) is 5.32 Å². The van der Waals surface area contributed by atoms with Crippen molar-refractivity contribution in [3.63, 3.8) is 0 Å². The highest BCUT2D eigenvalue weighted by molar-refractivity contribution is 6.11. The van der Waals surface area contributed by atoms with Crippen LogP contribution < -0.4 is 10.1 Å². The summed E-state index contributed by atoms with van der Waals surface area (Å²) in [4.78, 5) is 37.4. The molecule has 138 valence electrons. The fourth-order valence-corrected chi connectivity index (χ4v) is 3.79. The van der Waals surface area contributed by atoms with Gasteiger partial charge in [0.2, 0.25) is 5.91 Å². The maximum absolute atomic E-state index is 13.1. The largest absolute Gasteiger partial charge is 0.504 e. The van der Waals surface area contributed by atoms with Crippen LogP contribution in [0.2, 0.25) is 0 Å². The zero-order valence-electron chi connectivity index (χ0n) is 14.9. The van der Waals surface area contributed by atoms with E-state index in [0.29, 0.717) is 23.3 Å². The molecule has 3 rings (SSSR count). The van der Waals surface area contributed by atoms with Crippen LogP contribution >= 0.6 is 0 Å². The lowest BCUT2D eigenvalue weighted by atomic mass is 9.70. The van der Waals surface area contributed by atoms with Crippen molar-refractivity contribution in [2.45, 2.75) is 25.7 Å². The molecule has 0 saturated carbocycles. The van der Waals surface area contributed by atoms with Crippen molar-refractivity contribution in [3.05, 3.63) is 35.0 Å². The first-order chi connectivity index (χ1) is 12.4. The van der Waals surface area contributed by atoms with Crippen molar-refractivity contribution in [1.29, 1.82) is 0 Å². The second-order valence-electron chi connectivity index (χ2n) is 6.67. The Morgan fingerprint density at radius 1 is 1.23 bits per heavy atom. The molecule has 0 spiro atoms. The van der Waals surface area contributed by atoms with Crippen LogP contribution in [0.3, 0.4) is 0 Å². The molecule has 1 amide bonds. The van der Waals surface area contributed by atoms with Crippen LogP contribution in [0.1, 0.15) is 31.2 Å². The van der Waals surface area contributed by atoms with Crippen LogP contribution in [0, 0.1) is 11.8 Å². The lowest BCUT2D eigenvalue weighted by Gasteiger charge is -2.36. The summed E-state index contributed by atoms with van der Waals surface area (Å²) in [6.07, 6.45) is 0.499. The maximum Gasteiger partial charge on any atom is 0.316 e. The number of phenols is 1. The molecule has 0 unspecified atom stereocenters. The fourth-order valence-electron chi connectivity index (χ4n) is 3.79. The Morgan fingerprint density at radius 3 is 2.62 bits per heavy atom. The molecule has 0 saturated heterocycles. The first kappa shape index (κ1) is 18.0. The highest BCUT2D eigenvalue weighted by atomic mass is 16.5. The first-order valence-corrected chi connectivity index (χ1v) is 8.39. The van der Waals surface area contributed by atoms with E-state index < -0.39 is 17.8 Å². The molecule has 2 aliphatic rings. The number of methoxy groups -OCH3 is 2. The Hall–Kier alpha value is -2.83. The number of carbonyl (C=O) groups is 3. The quantitative estimate of drug-likeness (QED) is 0.629. The van der Waals surface area contributed by atoms with Gasteiger partial charge in [0.25, 0.3) is 0 Å². The Bertz CT molecular complexity index is 812. The van der Waals surface area contributed by atoms with Crippen LogP contribution in [0.5, 0.6) is 11.5 Å². The van der Waals surface area contributed by atoms with Gasteiger partial charge in [-0.1, -0.05) is 13.0 Å². The lowest BCUT2D eigenvalue weighted by Crippen LogP contribution is -2.44. The van der Waals surface area contributed by atoms with Crippen molar-refractivity contribution < 1.29 is 29.0 Å². The molecule has 26 heavy (non-hydrogen) atoms. The average Bonchev–Trinajstić information content (AvgIpc) is 2.60. The number of allylic oxidation sites excluding steroid dienone is 2. The Morgan fingerprint density at radius 2 is 1.96 bits per heavy atom. The maximum atomic E-state index is 13.1. The predicted molar refractivity (Wildman–Crippen MR) is 91.5 cm³/mol. The zero-order valence-corrected chi connectivity index (χ0v) is 14.9. The SMILES string of the molecule is COC(=O)[C@H]1C(=O)C2=C(C[C@@H]1C)NC(=O)C[C@H]2c1ccc(O)c(OC)c1. The fraction of sp³-hybridized carbons (Fsp3) is 0.421. The molecule has 7 heteroatoms. The Balaban J connectivity index is 2.08. The van der Waals surface area contributed by atoms with Gasteiger partial charge in [0.1, 0.15) is 5.92 Å². The molecule has 2 N–H and O–H groups in total. The average molecular weight is 359 g/mol. The van der Waals surface area contributed by atoms with Crippen LogP contribution in [0.25, 0.3) is 0 Å². The van der Waals surface area contributed by atoms with E-state index in [-0.39, 0.29) is 35.5 Å². The molecule has 1 aliphatic heterocycles. The summed E-state index contributed by atoms with van der Waals surface area (Å²) in [5, 5.41) is 12.6. The normalized spacial score (nSPS) is 25.4. The zero-order chi connectivity index (χ0) is 19.0. The molecule has 0 radical (unpaired) electrons. The molecule has 0 bridgehead atoms. The van der Waals surface area contributed by atoms with Crippen molar-refractivity contribution >= 4 is 17.7 Å². The van der Waals surface area contributed by atoms with Gasteiger partial charge in [-0.2, -0.15) is 0 Å². The molecule has 1 aliphatic carbocycles. The predicted octanol–water partition coefficient (Wildman–Crippen LogP) is 1.66. The minimum atomic E-state index is -0.879. The van der Waals surface area contributed by atoms with Crippen molar-refractivity contribution in [2.75, 3.05) is 14.2 Å². The lowest BCUT2D eigenvalue weighted by molar-refractivity contribution is -0.151. The highest BCUT2D eigenvalue weighted by Crippen LogP contribution is 2.43. The summed E-state index contributed by atoms with van der Waals surface area (Å²) in [6, 6.07) is 4.74. The van der Waals surface area contributed by atoms with Gasteiger partial charge in [0, 0.05) is 23.6 Å². The van der Waals surface area contributed by atoms with Gasteiger partial charge in [-0.25, -0.2) is 0 Å². The smallest absolute Gasteiger partial charge is 0.316 e. The monoisotopic (exact) mass is 359 g/mol. The molecule has 1 aromatic rings. The van der Waals surface area contributed by atoms with E-state index in [2.05, 4.69) is 5.32 Å². The number of phenolic OH excluding ortho intramolecular Hbond substituents is 1. The van der Waals surface area contributed by atoms with Crippen molar-refractivity contribution in [3.8, 4) is 11.5 Å². The molecular weight excluding hydrogens is 338 g/mol. The van der Waals surface area contributed by atoms with E-state index in [4.69, 9.17) is 9.47 Å². The van der Waals surface area contributed by atoms with Crippen LogP contribution in [-0.2, 0) is 19.1 Å². The number of carbonyl (C=O) groups excluding carboxylic acids is 3. The molecule has 1 heterocycles. The topological polar surface area (TPSA) is 102 Å². The molecule has 3 atom stereocenters. The number of benzene rings is 1. The van der Waals surface area contributed by atoms with E-state index in [9.17, 15) is 19.5 Å². The molecule has 0 fully saturated rings. The van der Waals surface area contributed by atoms with Gasteiger partial charge >= 0.3 is 5.97 Å². The summed E-state index contributed by atoms with van der Waals surface area (Å²) in [6.45, 7) is 1.79. The summed E-state index contributed by atoms with van der Waals surface area (Å²) in [5.41, 5.74) is 1.68. The number of hydrogen-bond acceptors (Lipinski definition) is 6. The third-order valence-corrected chi connectivity index (χ3v) is 5.06. The Kier molecular flexibility index (Phi) is 4.71. The molecule has 1 aromatic carbocycles. The van der Waals surface area contributed by atoms with Gasteiger partial charge in [-0.3, -0.25) is 14.4 Å². The van der Waals surface area contributed by atoms with E-state index >= 15 is 0 Å². The molecular formula is C19H21NO6. The van der Waals surface area contributed by atoms with Crippen molar-refractivity contribution in [2.24, 2.45) is 11.8 Å². The van der Waals surface area contributed by atoms with E-state index in [1.54, 1.807) is 19.1 Å². The van der Waals surface area contributed by atoms with Crippen LogP contribution in [0.15, 0.2) is 29.5 Å². The van der Waals surface area contributed by atoms with Crippen LogP contribution in [-0.4, -0.2) is 37.0 Å². The second-order valence-corrected chi connectivity index (χ2v) is 6.67. The summed E-state index contributed by atoms with van der Waals surface area (Å²) in [7, 11) is 2.69. The summed E-state index contributed by atoms with van der Waals surface area (Å²) < 4.78 is 9.94. The van der Waals surface area contributed by atoms with E-state index in [1.807, 2.05) is 0 Å². The summed E-state index contributed by atoms with van der Waals surface area (Å²) >= 11 is 0. The highest BCUT2D eigenvalue weighted by Gasteiger charge is 2.45. The summed E-state index contributed by atoms with van der Waals surface area (Å²) in [5.74, 6) is -2.47. The van der Waals surface area contributed by atoms with E-state index in [1.165, 1.54) is 20.3 Å². The van der Waals surface area contributed by atoms with Gasteiger partial charge in [-0.15, -0.1) is 0 Å². The number of ether oxygens (including phenoxy) is 2. The van der Waals surface area contributed by atoms with Gasteiger partial charge in [-0.05, 0) is 30.0 Å². The number of rotatable bonds is 3. The number of amides is 1. The van der Waals surface area contributed by atoms with Crippen LogP contribution in [0.4, 0.5) is 0 Å². The second kappa shape index (κ2) is 6.82. The van der Waals surface area contributed by atoms with Gasteiger partial charge in [0.05, 0.1) is 14.2 Å². The van der Waals surface area contributed by atoms with Gasteiger partial charge < -0.3 is 19.9 Å². The number of nitrogens with one attached hydrogen (secondary N) is 1. The number of ketones is 1. The minimum Gasteiger partial charge on any atom is -0.504 e. The Labute approximate surface area is 151 Å². The number of hydrogen-bond donors (Lipinski definition) is 2. The standard InChI is InChI=1S/C19H21NO6/c1-9-6-12-17(18(23)16(9)19(24)26-3)11(8-15(22)20-12)10-4-5-13(21)14(7-10)25-2/h4-5,7,9,11,16,21H,6,8H2,1-3H3,(H,20,22)/t9-,11-,16+/m0/s1. The third-order valence-electron chi connectivity index (χ3n) is 5.06. The first-order valence-electron chi connectivity index (χ1n) is 8.39. The minimum absolute atomic E-state index is 0.0262. The third kappa shape index (κ3) is 2.94. The number of esters is 1. The number of Topliss-reactive ketones (excluding diaryl/α,β-unsaturated/α-hetero) is 1.